The summed E-state index contributed by atoms with van der Waals surface area (Å²) in [5, 5.41) is 17.1. The number of carbonyl (C=O) groups is 1. The van der Waals surface area contributed by atoms with E-state index in [1.165, 1.54) is 0 Å². The van der Waals surface area contributed by atoms with Crippen LogP contribution in [0.3, 0.4) is 0 Å². The molecule has 126 valence electrons. The molecule has 1 N–H and O–H groups in total. The monoisotopic (exact) mass is 335 g/mol. The highest BCUT2D eigenvalue weighted by molar-refractivity contribution is 5.95. The van der Waals surface area contributed by atoms with Gasteiger partial charge >= 0.3 is 5.97 Å². The lowest BCUT2D eigenvalue weighted by Gasteiger charge is -2.28. The number of benzene rings is 2. The minimum absolute atomic E-state index is 0.306. The fourth-order valence-corrected chi connectivity index (χ4v) is 3.26. The third-order valence-corrected chi connectivity index (χ3v) is 4.33. The summed E-state index contributed by atoms with van der Waals surface area (Å²) in [6, 6.07) is 13.6. The maximum atomic E-state index is 12.7. The van der Waals surface area contributed by atoms with Crippen molar-refractivity contribution in [2.24, 2.45) is 0 Å². The molecule has 0 bridgehead atoms. The molecule has 1 atom stereocenters. The fraction of sp³-hybridized carbons (Fsp3) is 0.222. The van der Waals surface area contributed by atoms with Gasteiger partial charge in [0.15, 0.2) is 0 Å². The minimum Gasteiger partial charge on any atom is -0.463 e. The van der Waals surface area contributed by atoms with Crippen molar-refractivity contribution in [1.82, 2.24) is 20.2 Å². The Morgan fingerprint density at radius 1 is 1.24 bits per heavy atom. The van der Waals surface area contributed by atoms with Crippen LogP contribution < -0.4 is 5.32 Å². The number of nitrogens with zero attached hydrogens (tertiary/aromatic N) is 4. The van der Waals surface area contributed by atoms with Crippen molar-refractivity contribution in [2.45, 2.75) is 19.9 Å². The predicted molar refractivity (Wildman–Crippen MR) is 92.9 cm³/mol. The van der Waals surface area contributed by atoms with Gasteiger partial charge in [-0.05, 0) is 40.6 Å². The van der Waals surface area contributed by atoms with E-state index in [0.29, 0.717) is 23.8 Å². The smallest absolute Gasteiger partial charge is 0.338 e. The average molecular weight is 335 g/mol. The SMILES string of the molecule is CCOC(=O)C1=C(C)Nc2nnnn2C1c1cccc2ccccc12. The first-order chi connectivity index (χ1) is 12.2. The molecule has 2 aromatic carbocycles. The summed E-state index contributed by atoms with van der Waals surface area (Å²) in [4.78, 5) is 12.7. The Morgan fingerprint density at radius 3 is 2.88 bits per heavy atom. The molecule has 1 unspecified atom stereocenters. The number of anilines is 1. The van der Waals surface area contributed by atoms with Crippen LogP contribution in [-0.4, -0.2) is 32.8 Å². The second-order valence-corrected chi connectivity index (χ2v) is 5.80. The molecule has 0 saturated heterocycles. The summed E-state index contributed by atoms with van der Waals surface area (Å²) >= 11 is 0. The van der Waals surface area contributed by atoms with Crippen LogP contribution in [0.2, 0.25) is 0 Å². The van der Waals surface area contributed by atoms with Gasteiger partial charge in [0.1, 0.15) is 6.04 Å². The van der Waals surface area contributed by atoms with Crippen molar-refractivity contribution < 1.29 is 9.53 Å². The van der Waals surface area contributed by atoms with Gasteiger partial charge in [-0.15, -0.1) is 0 Å². The number of nitrogens with one attached hydrogen (secondary N) is 1. The Labute approximate surface area is 144 Å². The molecule has 1 aliphatic rings. The molecular weight excluding hydrogens is 318 g/mol. The largest absolute Gasteiger partial charge is 0.463 e. The summed E-state index contributed by atoms with van der Waals surface area (Å²) in [6.07, 6.45) is 0. The van der Waals surface area contributed by atoms with E-state index in [-0.39, 0.29) is 5.97 Å². The standard InChI is InChI=1S/C18H17N5O2/c1-3-25-17(24)15-11(2)19-18-20-21-22-23(18)16(15)14-10-6-8-12-7-4-5-9-13(12)14/h4-10,16H,3H2,1-2H3,(H,19,20,22). The third-order valence-electron chi connectivity index (χ3n) is 4.33. The lowest BCUT2D eigenvalue weighted by Crippen LogP contribution is -2.29. The molecule has 0 aliphatic carbocycles. The molecule has 4 rings (SSSR count). The highest BCUT2D eigenvalue weighted by Crippen LogP contribution is 2.37. The molecule has 7 nitrogen and oxygen atoms in total. The van der Waals surface area contributed by atoms with Crippen LogP contribution in [0, 0.1) is 0 Å². The van der Waals surface area contributed by atoms with Crippen molar-refractivity contribution in [1.29, 1.82) is 0 Å². The van der Waals surface area contributed by atoms with Gasteiger partial charge < -0.3 is 10.1 Å². The van der Waals surface area contributed by atoms with Gasteiger partial charge in [0.25, 0.3) is 0 Å². The topological polar surface area (TPSA) is 81.9 Å². The Kier molecular flexibility index (Phi) is 3.68. The molecule has 7 heteroatoms. The van der Waals surface area contributed by atoms with E-state index in [1.54, 1.807) is 11.6 Å². The number of esters is 1. The van der Waals surface area contributed by atoms with Crippen molar-refractivity contribution in [3.63, 3.8) is 0 Å². The summed E-state index contributed by atoms with van der Waals surface area (Å²) in [5.74, 6) is 0.134. The van der Waals surface area contributed by atoms with Crippen LogP contribution in [-0.2, 0) is 9.53 Å². The third kappa shape index (κ3) is 2.44. The van der Waals surface area contributed by atoms with E-state index < -0.39 is 6.04 Å². The van der Waals surface area contributed by atoms with Crippen molar-refractivity contribution in [3.8, 4) is 0 Å². The molecule has 0 radical (unpaired) electrons. The number of tetrazole rings is 1. The number of allylic oxidation sites excluding steroid dienone is 1. The molecule has 1 aromatic heterocycles. The number of hydrogen-bond donors (Lipinski definition) is 1. The Morgan fingerprint density at radius 2 is 2.04 bits per heavy atom. The molecular formula is C18H17N5O2. The lowest BCUT2D eigenvalue weighted by atomic mass is 9.91. The second-order valence-electron chi connectivity index (χ2n) is 5.80. The highest BCUT2D eigenvalue weighted by Gasteiger charge is 2.35. The highest BCUT2D eigenvalue weighted by atomic mass is 16.5. The number of fused-ring (bicyclic) bond motifs is 2. The van der Waals surface area contributed by atoms with E-state index in [4.69, 9.17) is 4.74 Å². The Bertz CT molecular complexity index is 987. The molecule has 25 heavy (non-hydrogen) atoms. The van der Waals surface area contributed by atoms with E-state index in [1.807, 2.05) is 49.4 Å². The maximum absolute atomic E-state index is 12.7. The molecule has 0 fully saturated rings. The van der Waals surface area contributed by atoms with Crippen molar-refractivity contribution >= 4 is 22.7 Å². The van der Waals surface area contributed by atoms with E-state index in [2.05, 4.69) is 20.8 Å². The molecule has 0 saturated carbocycles. The average Bonchev–Trinajstić information content (AvgIpc) is 3.08. The molecule has 1 aliphatic heterocycles. The first kappa shape index (κ1) is 15.3. The van der Waals surface area contributed by atoms with Gasteiger partial charge in [-0.3, -0.25) is 0 Å². The van der Waals surface area contributed by atoms with Crippen LogP contribution in [0.25, 0.3) is 10.8 Å². The number of aromatic nitrogens is 4. The Balaban J connectivity index is 1.97. The number of carbonyl (C=O) groups excluding carboxylic acids is 1. The Hall–Kier alpha value is -3.22. The van der Waals surface area contributed by atoms with E-state index in [9.17, 15) is 4.79 Å². The quantitative estimate of drug-likeness (QED) is 0.741. The fourth-order valence-electron chi connectivity index (χ4n) is 3.26. The number of hydrogen-bond acceptors (Lipinski definition) is 6. The minimum atomic E-state index is -0.448. The zero-order chi connectivity index (χ0) is 17.4. The van der Waals surface area contributed by atoms with Crippen LogP contribution in [0.15, 0.2) is 53.7 Å². The van der Waals surface area contributed by atoms with E-state index >= 15 is 0 Å². The van der Waals surface area contributed by atoms with Gasteiger partial charge in [0.2, 0.25) is 5.95 Å². The molecule has 0 amide bonds. The van der Waals surface area contributed by atoms with Gasteiger partial charge in [0.05, 0.1) is 12.2 Å². The van der Waals surface area contributed by atoms with Crippen LogP contribution in [0.5, 0.6) is 0 Å². The van der Waals surface area contributed by atoms with Gasteiger partial charge in [-0.2, -0.15) is 4.68 Å². The zero-order valence-corrected chi connectivity index (χ0v) is 13.9. The van der Waals surface area contributed by atoms with Gasteiger partial charge in [-0.25, -0.2) is 4.79 Å². The van der Waals surface area contributed by atoms with Crippen LogP contribution in [0.1, 0.15) is 25.5 Å². The van der Waals surface area contributed by atoms with Crippen LogP contribution >= 0.6 is 0 Å². The molecule has 3 aromatic rings. The summed E-state index contributed by atoms with van der Waals surface area (Å²) < 4.78 is 6.91. The van der Waals surface area contributed by atoms with Crippen molar-refractivity contribution in [3.05, 3.63) is 59.3 Å². The maximum Gasteiger partial charge on any atom is 0.338 e. The van der Waals surface area contributed by atoms with Gasteiger partial charge in [-0.1, -0.05) is 47.6 Å². The van der Waals surface area contributed by atoms with Crippen LogP contribution in [0.4, 0.5) is 5.95 Å². The molecule has 2 heterocycles. The lowest BCUT2D eigenvalue weighted by molar-refractivity contribution is -0.139. The second kappa shape index (κ2) is 6.01. The van der Waals surface area contributed by atoms with Crippen molar-refractivity contribution in [2.75, 3.05) is 11.9 Å². The number of ether oxygens (including phenoxy) is 1. The summed E-state index contributed by atoms with van der Waals surface area (Å²) in [6.45, 7) is 3.93. The predicted octanol–water partition coefficient (Wildman–Crippen LogP) is 2.68. The first-order valence-electron chi connectivity index (χ1n) is 8.11. The molecule has 0 spiro atoms. The van der Waals surface area contributed by atoms with E-state index in [0.717, 1.165) is 16.3 Å². The summed E-state index contributed by atoms with van der Waals surface area (Å²) in [7, 11) is 0. The normalized spacial score (nSPS) is 16.5. The first-order valence-corrected chi connectivity index (χ1v) is 8.11. The number of rotatable bonds is 3. The van der Waals surface area contributed by atoms with Gasteiger partial charge in [0, 0.05) is 5.70 Å². The zero-order valence-electron chi connectivity index (χ0n) is 13.9. The summed E-state index contributed by atoms with van der Waals surface area (Å²) in [5.41, 5.74) is 2.16.